The van der Waals surface area contributed by atoms with Crippen molar-refractivity contribution in [2.75, 3.05) is 11.9 Å². The maximum Gasteiger partial charge on any atom is 0.282 e. The third-order valence-corrected chi connectivity index (χ3v) is 6.24. The van der Waals surface area contributed by atoms with Crippen molar-refractivity contribution in [2.45, 2.75) is 33.1 Å². The maximum absolute atomic E-state index is 13.3. The summed E-state index contributed by atoms with van der Waals surface area (Å²) in [5, 5.41) is 8.01. The zero-order valence-electron chi connectivity index (χ0n) is 20.9. The standard InChI is InChI=1S/C28H26BrClN4O3/c1-17-5-9-20(10-6-17)32-25(35)16-37-24-12-7-18(13-22(24)30)15-31-34-26(36)21-14-19(29)8-11-23(21)33-27(34)28(2,3)4/h5-15H,16H2,1-4H3,(H,32,35). The molecule has 0 aliphatic rings. The Morgan fingerprint density at radius 2 is 1.86 bits per heavy atom. The lowest BCUT2D eigenvalue weighted by Crippen LogP contribution is -2.29. The Kier molecular flexibility index (Phi) is 7.80. The number of carbonyl (C=O) groups excluding carboxylic acids is 1. The number of halogens is 2. The van der Waals surface area contributed by atoms with Gasteiger partial charge in [0.15, 0.2) is 6.61 Å². The molecule has 0 radical (unpaired) electrons. The van der Waals surface area contributed by atoms with E-state index in [4.69, 9.17) is 21.3 Å². The summed E-state index contributed by atoms with van der Waals surface area (Å²) in [7, 11) is 0. The van der Waals surface area contributed by atoms with Gasteiger partial charge in [-0.05, 0) is 61.0 Å². The molecule has 4 aromatic rings. The van der Waals surface area contributed by atoms with Gasteiger partial charge in [0.25, 0.3) is 11.5 Å². The Balaban J connectivity index is 1.53. The van der Waals surface area contributed by atoms with Gasteiger partial charge in [0.2, 0.25) is 0 Å². The van der Waals surface area contributed by atoms with Crippen LogP contribution in [0.1, 0.15) is 37.7 Å². The summed E-state index contributed by atoms with van der Waals surface area (Å²) in [5.41, 5.74) is 2.37. The fourth-order valence-electron chi connectivity index (χ4n) is 3.56. The number of carbonyl (C=O) groups is 1. The van der Waals surface area contributed by atoms with Crippen LogP contribution in [0.15, 0.2) is 75.0 Å². The largest absolute Gasteiger partial charge is 0.482 e. The van der Waals surface area contributed by atoms with Crippen molar-refractivity contribution in [1.82, 2.24) is 9.66 Å². The first-order chi connectivity index (χ1) is 17.5. The monoisotopic (exact) mass is 580 g/mol. The summed E-state index contributed by atoms with van der Waals surface area (Å²) in [4.78, 5) is 30.2. The first kappa shape index (κ1) is 26.6. The molecule has 1 amide bonds. The molecule has 190 valence electrons. The zero-order chi connectivity index (χ0) is 26.7. The van der Waals surface area contributed by atoms with Crippen LogP contribution >= 0.6 is 27.5 Å². The number of nitrogens with one attached hydrogen (secondary N) is 1. The van der Waals surface area contributed by atoms with Gasteiger partial charge in [0.05, 0.1) is 22.1 Å². The number of aromatic nitrogens is 2. The molecule has 9 heteroatoms. The third kappa shape index (κ3) is 6.45. The van der Waals surface area contributed by atoms with Crippen molar-refractivity contribution in [1.29, 1.82) is 0 Å². The van der Waals surface area contributed by atoms with E-state index in [2.05, 4.69) is 26.3 Å². The number of aryl methyl sites for hydroxylation is 1. The van der Waals surface area contributed by atoms with Gasteiger partial charge in [0, 0.05) is 15.6 Å². The minimum Gasteiger partial charge on any atom is -0.482 e. The summed E-state index contributed by atoms with van der Waals surface area (Å²) >= 11 is 9.81. The highest BCUT2D eigenvalue weighted by Crippen LogP contribution is 2.26. The maximum atomic E-state index is 13.3. The van der Waals surface area contributed by atoms with Gasteiger partial charge in [-0.1, -0.05) is 66.0 Å². The van der Waals surface area contributed by atoms with E-state index in [1.807, 2.05) is 64.1 Å². The molecule has 0 saturated carbocycles. The summed E-state index contributed by atoms with van der Waals surface area (Å²) < 4.78 is 7.70. The van der Waals surface area contributed by atoms with Gasteiger partial charge in [-0.15, -0.1) is 0 Å². The van der Waals surface area contributed by atoms with E-state index in [1.165, 1.54) is 4.68 Å². The van der Waals surface area contributed by atoms with Crippen LogP contribution in [0.3, 0.4) is 0 Å². The number of nitrogens with zero attached hydrogens (tertiary/aromatic N) is 3. The van der Waals surface area contributed by atoms with Gasteiger partial charge in [-0.3, -0.25) is 9.59 Å². The first-order valence-corrected chi connectivity index (χ1v) is 12.7. The van der Waals surface area contributed by atoms with Crippen LogP contribution in [0.25, 0.3) is 10.9 Å². The molecule has 7 nitrogen and oxygen atoms in total. The SMILES string of the molecule is Cc1ccc(NC(=O)COc2ccc(C=Nn3c(C(C)(C)C)nc4ccc(Br)cc4c3=O)cc2Cl)cc1. The van der Waals surface area contributed by atoms with Gasteiger partial charge >= 0.3 is 0 Å². The molecular weight excluding hydrogens is 556 g/mol. The molecule has 1 N–H and O–H groups in total. The number of ether oxygens (including phenoxy) is 1. The van der Waals surface area contributed by atoms with Crippen molar-refractivity contribution in [2.24, 2.45) is 5.10 Å². The van der Waals surface area contributed by atoms with Crippen molar-refractivity contribution in [3.8, 4) is 5.75 Å². The molecule has 0 fully saturated rings. The second kappa shape index (κ2) is 10.9. The van der Waals surface area contributed by atoms with Crippen molar-refractivity contribution >= 4 is 56.2 Å². The number of hydrogen-bond acceptors (Lipinski definition) is 5. The minimum absolute atomic E-state index is 0.191. The molecule has 0 bridgehead atoms. The molecule has 1 heterocycles. The second-order valence-corrected chi connectivity index (χ2v) is 10.9. The van der Waals surface area contributed by atoms with Crippen LogP contribution in [-0.4, -0.2) is 28.4 Å². The smallest absolute Gasteiger partial charge is 0.282 e. The fraction of sp³-hybridized carbons (Fsp3) is 0.214. The Bertz CT molecular complexity index is 1560. The summed E-state index contributed by atoms with van der Waals surface area (Å²) in [5.74, 6) is 0.604. The molecule has 4 rings (SSSR count). The van der Waals surface area contributed by atoms with Crippen LogP contribution in [0, 0.1) is 6.92 Å². The quantitative estimate of drug-likeness (QED) is 0.270. The van der Waals surface area contributed by atoms with Crippen LogP contribution in [0.5, 0.6) is 5.75 Å². The number of benzene rings is 3. The number of rotatable bonds is 6. The average molecular weight is 582 g/mol. The highest BCUT2D eigenvalue weighted by atomic mass is 79.9. The van der Waals surface area contributed by atoms with Gasteiger partial charge in [-0.25, -0.2) is 4.98 Å². The number of amides is 1. The molecule has 0 aliphatic carbocycles. The molecule has 0 unspecified atom stereocenters. The van der Waals surface area contributed by atoms with E-state index in [9.17, 15) is 9.59 Å². The van der Waals surface area contributed by atoms with E-state index < -0.39 is 5.41 Å². The van der Waals surface area contributed by atoms with Gasteiger partial charge in [0.1, 0.15) is 11.6 Å². The predicted molar refractivity (Wildman–Crippen MR) is 152 cm³/mol. The van der Waals surface area contributed by atoms with E-state index >= 15 is 0 Å². The molecule has 0 aliphatic heterocycles. The van der Waals surface area contributed by atoms with Crippen molar-refractivity contribution in [3.05, 3.63) is 97.5 Å². The zero-order valence-corrected chi connectivity index (χ0v) is 23.2. The fourth-order valence-corrected chi connectivity index (χ4v) is 4.16. The molecular formula is C28H26BrClN4O3. The van der Waals surface area contributed by atoms with E-state index in [0.717, 1.165) is 10.0 Å². The van der Waals surface area contributed by atoms with Gasteiger partial charge in [-0.2, -0.15) is 9.78 Å². The number of anilines is 1. The van der Waals surface area contributed by atoms with Crippen LogP contribution < -0.4 is 15.6 Å². The Hall–Kier alpha value is -3.49. The highest BCUT2D eigenvalue weighted by molar-refractivity contribution is 9.10. The van der Waals surface area contributed by atoms with E-state index in [-0.39, 0.29) is 18.1 Å². The molecule has 3 aromatic carbocycles. The summed E-state index contributed by atoms with van der Waals surface area (Å²) in [6.07, 6.45) is 1.54. The van der Waals surface area contributed by atoms with Gasteiger partial charge < -0.3 is 10.1 Å². The molecule has 37 heavy (non-hydrogen) atoms. The predicted octanol–water partition coefficient (Wildman–Crippen LogP) is 6.32. The highest BCUT2D eigenvalue weighted by Gasteiger charge is 2.23. The Labute approximate surface area is 228 Å². The lowest BCUT2D eigenvalue weighted by Gasteiger charge is -2.20. The summed E-state index contributed by atoms with van der Waals surface area (Å²) in [6, 6.07) is 17.9. The number of hydrogen-bond donors (Lipinski definition) is 1. The topological polar surface area (TPSA) is 85.6 Å². The number of fused-ring (bicyclic) bond motifs is 1. The Morgan fingerprint density at radius 1 is 1.14 bits per heavy atom. The molecule has 0 spiro atoms. The molecule has 0 saturated heterocycles. The minimum atomic E-state index is -0.424. The lowest BCUT2D eigenvalue weighted by atomic mass is 9.95. The van der Waals surface area contributed by atoms with Crippen molar-refractivity contribution < 1.29 is 9.53 Å². The van der Waals surface area contributed by atoms with E-state index in [1.54, 1.807) is 30.5 Å². The van der Waals surface area contributed by atoms with E-state index in [0.29, 0.717) is 38.8 Å². The van der Waals surface area contributed by atoms with Crippen molar-refractivity contribution in [3.63, 3.8) is 0 Å². The summed E-state index contributed by atoms with van der Waals surface area (Å²) in [6.45, 7) is 7.71. The second-order valence-electron chi connectivity index (χ2n) is 9.60. The molecule has 1 aromatic heterocycles. The van der Waals surface area contributed by atoms with Crippen LogP contribution in [0.2, 0.25) is 5.02 Å². The average Bonchev–Trinajstić information content (AvgIpc) is 2.84. The Morgan fingerprint density at radius 3 is 2.54 bits per heavy atom. The normalized spacial score (nSPS) is 11.7. The van der Waals surface area contributed by atoms with Crippen LogP contribution in [-0.2, 0) is 10.2 Å². The van der Waals surface area contributed by atoms with Crippen LogP contribution in [0.4, 0.5) is 5.69 Å². The third-order valence-electron chi connectivity index (χ3n) is 5.45. The molecule has 0 atom stereocenters. The first-order valence-electron chi connectivity index (χ1n) is 11.6. The lowest BCUT2D eigenvalue weighted by molar-refractivity contribution is -0.118.